The Morgan fingerprint density at radius 2 is 1.04 bits per heavy atom. The maximum absolute atomic E-state index is 10.5. The van der Waals surface area contributed by atoms with Gasteiger partial charge in [-0.15, -0.1) is 0 Å². The predicted molar refractivity (Wildman–Crippen MR) is 95.5 cm³/mol. The Morgan fingerprint density at radius 1 is 0.615 bits per heavy atom. The van der Waals surface area contributed by atoms with Crippen LogP contribution in [0.4, 0.5) is 0 Å². The molecule has 5 atom stereocenters. The van der Waals surface area contributed by atoms with Crippen LogP contribution in [-0.2, 0) is 4.79 Å². The summed E-state index contributed by atoms with van der Waals surface area (Å²) in [4.78, 5) is 10.5. The zero-order valence-electron chi connectivity index (χ0n) is 15.4. The van der Waals surface area contributed by atoms with Crippen molar-refractivity contribution in [2.75, 3.05) is 6.61 Å². The lowest BCUT2D eigenvalue weighted by Gasteiger charge is -2.27. The molecule has 0 rings (SSSR count). The molecule has 0 heterocycles. The minimum atomic E-state index is -2.23. The largest absolute Gasteiger partial charge is 0.479 e. The summed E-state index contributed by atoms with van der Waals surface area (Å²) < 4.78 is 0. The number of unbranched alkanes of at least 4 members (excludes halogenated alkanes) is 9. The van der Waals surface area contributed by atoms with Gasteiger partial charge in [-0.2, -0.15) is 0 Å². The number of carbonyl (C=O) groups is 1. The molecule has 0 radical (unpaired) electrons. The highest BCUT2D eigenvalue weighted by Crippen LogP contribution is 2.15. The fraction of sp³-hybridized carbons (Fsp3) is 0.944. The Bertz CT molecular complexity index is 352. The fourth-order valence-electron chi connectivity index (χ4n) is 2.81. The third-order valence-corrected chi connectivity index (χ3v) is 4.58. The van der Waals surface area contributed by atoms with Crippen LogP contribution in [0.25, 0.3) is 0 Å². The Labute approximate surface area is 155 Å². The first-order chi connectivity index (χ1) is 12.3. The molecule has 5 unspecified atom stereocenters. The third kappa shape index (κ3) is 11.1. The number of aliphatic hydroxyl groups excluding tert-OH is 6. The van der Waals surface area contributed by atoms with Gasteiger partial charge in [0.1, 0.15) is 18.3 Å². The van der Waals surface area contributed by atoms with Gasteiger partial charge in [-0.1, -0.05) is 57.8 Å². The van der Waals surface area contributed by atoms with Gasteiger partial charge in [0, 0.05) is 6.61 Å². The van der Waals surface area contributed by atoms with Gasteiger partial charge in [-0.05, 0) is 12.8 Å². The first-order valence-electron chi connectivity index (χ1n) is 9.57. The van der Waals surface area contributed by atoms with Crippen LogP contribution in [-0.4, -0.2) is 78.8 Å². The average molecular weight is 380 g/mol. The van der Waals surface area contributed by atoms with Crippen molar-refractivity contribution in [2.24, 2.45) is 0 Å². The summed E-state index contributed by atoms with van der Waals surface area (Å²) in [6.07, 6.45) is 1.12. The molecule has 8 nitrogen and oxygen atoms in total. The van der Waals surface area contributed by atoms with Crippen LogP contribution in [0.5, 0.6) is 0 Å². The van der Waals surface area contributed by atoms with Crippen LogP contribution in [0.1, 0.15) is 70.6 Å². The zero-order chi connectivity index (χ0) is 19.9. The first kappa shape index (κ1) is 25.2. The molecule has 26 heavy (non-hydrogen) atoms. The third-order valence-electron chi connectivity index (χ3n) is 4.58. The maximum atomic E-state index is 10.5. The molecule has 7 N–H and O–H groups in total. The van der Waals surface area contributed by atoms with Crippen LogP contribution in [0.2, 0.25) is 0 Å². The summed E-state index contributed by atoms with van der Waals surface area (Å²) in [7, 11) is 0. The standard InChI is InChI=1S/C18H36O8/c19-12-10-8-6-4-2-1-3-5-7-9-11-13(20)14(21)15(22)16(23)17(24)18(25)26/h13-17,19-24H,1-12H2,(H,25,26). The molecule has 156 valence electrons. The van der Waals surface area contributed by atoms with Gasteiger partial charge in [-0.3, -0.25) is 0 Å². The number of hydrogen-bond donors (Lipinski definition) is 7. The lowest BCUT2D eigenvalue weighted by atomic mass is 9.96. The maximum Gasteiger partial charge on any atom is 0.335 e. The molecule has 0 aromatic rings. The summed E-state index contributed by atoms with van der Waals surface area (Å²) in [5, 5.41) is 65.1. The van der Waals surface area contributed by atoms with Crippen LogP contribution in [0.3, 0.4) is 0 Å². The van der Waals surface area contributed by atoms with Crippen molar-refractivity contribution in [1.29, 1.82) is 0 Å². The van der Waals surface area contributed by atoms with Crippen molar-refractivity contribution in [1.82, 2.24) is 0 Å². The monoisotopic (exact) mass is 380 g/mol. The number of carboxylic acid groups (broad SMARTS) is 1. The van der Waals surface area contributed by atoms with Crippen molar-refractivity contribution in [3.8, 4) is 0 Å². The number of aliphatic hydroxyl groups is 6. The molecular weight excluding hydrogens is 344 g/mol. The van der Waals surface area contributed by atoms with Crippen molar-refractivity contribution in [3.63, 3.8) is 0 Å². The van der Waals surface area contributed by atoms with Crippen LogP contribution in [0.15, 0.2) is 0 Å². The Hall–Kier alpha value is -0.770. The van der Waals surface area contributed by atoms with Gasteiger partial charge < -0.3 is 35.7 Å². The second-order valence-corrected chi connectivity index (χ2v) is 6.87. The molecular formula is C18H36O8. The molecule has 0 spiro atoms. The highest BCUT2D eigenvalue weighted by Gasteiger charge is 2.36. The van der Waals surface area contributed by atoms with Gasteiger partial charge in [0.25, 0.3) is 0 Å². The van der Waals surface area contributed by atoms with Gasteiger partial charge in [0.05, 0.1) is 6.10 Å². The van der Waals surface area contributed by atoms with E-state index in [0.717, 1.165) is 44.9 Å². The molecule has 0 fully saturated rings. The van der Waals surface area contributed by atoms with E-state index in [1.807, 2.05) is 0 Å². The van der Waals surface area contributed by atoms with Crippen molar-refractivity contribution >= 4 is 5.97 Å². The molecule has 0 amide bonds. The highest BCUT2D eigenvalue weighted by atomic mass is 16.4. The van der Waals surface area contributed by atoms with E-state index in [9.17, 15) is 25.2 Å². The highest BCUT2D eigenvalue weighted by molar-refractivity contribution is 5.72. The SMILES string of the molecule is O=C(O)C(O)C(O)C(O)C(O)C(O)CCCCCCCCCCCCO. The first-order valence-corrected chi connectivity index (χ1v) is 9.57. The fourth-order valence-corrected chi connectivity index (χ4v) is 2.81. The smallest absolute Gasteiger partial charge is 0.335 e. The van der Waals surface area contributed by atoms with E-state index in [-0.39, 0.29) is 13.0 Å². The normalized spacial score (nSPS) is 17.5. The molecule has 0 aliphatic carbocycles. The minimum Gasteiger partial charge on any atom is -0.479 e. The predicted octanol–water partition coefficient (Wildman–Crippen LogP) is 0.159. The van der Waals surface area contributed by atoms with E-state index in [1.54, 1.807) is 0 Å². The molecule has 0 aliphatic rings. The van der Waals surface area contributed by atoms with E-state index >= 15 is 0 Å². The van der Waals surface area contributed by atoms with E-state index in [4.69, 9.17) is 15.3 Å². The van der Waals surface area contributed by atoms with E-state index in [1.165, 1.54) is 12.8 Å². The molecule has 0 bridgehead atoms. The van der Waals surface area contributed by atoms with Crippen LogP contribution >= 0.6 is 0 Å². The summed E-state index contributed by atoms with van der Waals surface area (Å²) >= 11 is 0. The molecule has 0 aromatic carbocycles. The molecule has 8 heteroatoms. The lowest BCUT2D eigenvalue weighted by molar-refractivity contribution is -0.168. The van der Waals surface area contributed by atoms with Crippen LogP contribution < -0.4 is 0 Å². The Kier molecular flexibility index (Phi) is 14.9. The molecule has 0 saturated heterocycles. The Morgan fingerprint density at radius 3 is 1.46 bits per heavy atom. The van der Waals surface area contributed by atoms with E-state index in [2.05, 4.69) is 0 Å². The second kappa shape index (κ2) is 15.3. The Balaban J connectivity index is 3.75. The minimum absolute atomic E-state index is 0.218. The van der Waals surface area contributed by atoms with Gasteiger partial charge in [-0.25, -0.2) is 4.79 Å². The molecule has 0 saturated carbocycles. The number of hydrogen-bond acceptors (Lipinski definition) is 7. The summed E-state index contributed by atoms with van der Waals surface area (Å²) in [6, 6.07) is 0. The average Bonchev–Trinajstić information content (AvgIpc) is 2.63. The van der Waals surface area contributed by atoms with Crippen LogP contribution in [0, 0.1) is 0 Å². The zero-order valence-corrected chi connectivity index (χ0v) is 15.4. The summed E-state index contributed by atoms with van der Waals surface area (Å²) in [5.41, 5.74) is 0. The van der Waals surface area contributed by atoms with Crippen molar-refractivity contribution in [3.05, 3.63) is 0 Å². The lowest BCUT2D eigenvalue weighted by Crippen LogP contribution is -2.51. The van der Waals surface area contributed by atoms with Gasteiger partial charge >= 0.3 is 5.97 Å². The topological polar surface area (TPSA) is 159 Å². The number of aliphatic carboxylic acids is 1. The van der Waals surface area contributed by atoms with E-state index < -0.39 is 36.5 Å². The van der Waals surface area contributed by atoms with Gasteiger partial charge in [0.15, 0.2) is 6.10 Å². The summed E-state index contributed by atoms with van der Waals surface area (Å²) in [5.74, 6) is -1.72. The molecule has 0 aromatic heterocycles. The second-order valence-electron chi connectivity index (χ2n) is 6.87. The number of rotatable bonds is 17. The van der Waals surface area contributed by atoms with Gasteiger partial charge in [0.2, 0.25) is 0 Å². The summed E-state index contributed by atoms with van der Waals surface area (Å²) in [6.45, 7) is 0.261. The number of carboxylic acids is 1. The molecule has 0 aliphatic heterocycles. The quantitative estimate of drug-likeness (QED) is 0.176. The van der Waals surface area contributed by atoms with Crippen molar-refractivity contribution in [2.45, 2.75) is 101 Å². The van der Waals surface area contributed by atoms with Crippen molar-refractivity contribution < 1.29 is 40.5 Å². The van der Waals surface area contributed by atoms with E-state index in [0.29, 0.717) is 6.42 Å².